The zero-order chi connectivity index (χ0) is 50.2. The number of hydrogen-bond donors (Lipinski definition) is 5. The summed E-state index contributed by atoms with van der Waals surface area (Å²) in [6, 6.07) is 38.2. The minimum Gasteiger partial charge on any atom is -0.506 e. The van der Waals surface area contributed by atoms with Crippen molar-refractivity contribution in [3.8, 4) is 28.4 Å². The molecule has 7 rings (SSSR count). The first-order chi connectivity index (χ1) is 33.2. The molecule has 1 fully saturated rings. The molecule has 12 nitrogen and oxygen atoms in total. The molecule has 1 aromatic heterocycles. The summed E-state index contributed by atoms with van der Waals surface area (Å²) in [5.74, 6) is 1.46. The molecule has 5 N–H and O–H groups in total. The number of fused-ring (bicyclic) bond motifs is 1. The number of pyridine rings is 1. The van der Waals surface area contributed by atoms with Gasteiger partial charge in [0.2, 0.25) is 5.56 Å². The van der Waals surface area contributed by atoms with Crippen molar-refractivity contribution in [2.24, 2.45) is 0 Å². The summed E-state index contributed by atoms with van der Waals surface area (Å²) in [5.41, 5.74) is 5.92. The second-order valence-corrected chi connectivity index (χ2v) is 25.5. The molecule has 0 unspecified atom stereocenters. The largest absolute Gasteiger partial charge is 0.506 e. The fourth-order valence-corrected chi connectivity index (χ4v) is 9.87. The first kappa shape index (κ1) is 51.2. The van der Waals surface area contributed by atoms with Gasteiger partial charge in [0, 0.05) is 42.2 Å². The quantitative estimate of drug-likeness (QED) is 0.0594. The van der Waals surface area contributed by atoms with Gasteiger partial charge in [0.1, 0.15) is 22.8 Å². The highest BCUT2D eigenvalue weighted by Crippen LogP contribution is 2.42. The van der Waals surface area contributed by atoms with Crippen LogP contribution >= 0.6 is 0 Å². The van der Waals surface area contributed by atoms with Gasteiger partial charge in [-0.05, 0) is 141 Å². The van der Waals surface area contributed by atoms with Crippen molar-refractivity contribution in [1.29, 1.82) is 0 Å². The van der Waals surface area contributed by atoms with Crippen LogP contribution in [0.5, 0.6) is 17.2 Å². The minimum absolute atomic E-state index is 0.0230. The van der Waals surface area contributed by atoms with Gasteiger partial charge in [-0.25, -0.2) is 9.59 Å². The van der Waals surface area contributed by atoms with Crippen LogP contribution in [0.3, 0.4) is 0 Å². The first-order valence-corrected chi connectivity index (χ1v) is 27.1. The molecular formula is C57H68N4O8Si. The Bertz CT molecular complexity index is 2820. The second-order valence-electron chi connectivity index (χ2n) is 20.7. The molecule has 0 aliphatic heterocycles. The average molecular weight is 965 g/mol. The maximum absolute atomic E-state index is 13.1. The number of phenols is 1. The number of nitrogens with zero attached hydrogens (tertiary/aromatic N) is 1. The zero-order valence-corrected chi connectivity index (χ0v) is 42.7. The van der Waals surface area contributed by atoms with E-state index in [-0.39, 0.29) is 34.5 Å². The number of hydrogen-bond acceptors (Lipinski definition) is 8. The third kappa shape index (κ3) is 13.3. The maximum atomic E-state index is 13.1. The average Bonchev–Trinajstić information content (AvgIpc) is 3.30. The van der Waals surface area contributed by atoms with E-state index in [1.54, 1.807) is 12.1 Å². The van der Waals surface area contributed by atoms with Crippen LogP contribution in [-0.4, -0.2) is 59.9 Å². The lowest BCUT2D eigenvalue weighted by molar-refractivity contribution is 0.0490. The lowest BCUT2D eigenvalue weighted by Crippen LogP contribution is -2.47. The van der Waals surface area contributed by atoms with Crippen LogP contribution in [0, 0.1) is 0 Å². The number of phenolic OH excluding ortho intramolecular Hbond substituents is 1. The van der Waals surface area contributed by atoms with Gasteiger partial charge < -0.3 is 39.7 Å². The van der Waals surface area contributed by atoms with Gasteiger partial charge in [-0.3, -0.25) is 9.69 Å². The number of ether oxygens (including phenoxy) is 2. The molecule has 1 heterocycles. The first-order valence-electron chi connectivity index (χ1n) is 24.2. The summed E-state index contributed by atoms with van der Waals surface area (Å²) in [6.07, 6.45) is 5.50. The Labute approximate surface area is 412 Å². The van der Waals surface area contributed by atoms with E-state index in [0.717, 1.165) is 50.3 Å². The molecule has 5 aromatic carbocycles. The number of alkyl carbamates (subject to hydrolysis) is 1. The van der Waals surface area contributed by atoms with Crippen LogP contribution in [0.15, 0.2) is 132 Å². The maximum Gasteiger partial charge on any atom is 0.412 e. The van der Waals surface area contributed by atoms with Gasteiger partial charge in [0.25, 0.3) is 0 Å². The van der Waals surface area contributed by atoms with Crippen molar-refractivity contribution >= 4 is 43.2 Å². The van der Waals surface area contributed by atoms with E-state index in [9.17, 15) is 24.6 Å². The van der Waals surface area contributed by atoms with Gasteiger partial charge in [-0.15, -0.1) is 0 Å². The molecular weight excluding hydrogens is 897 g/mol. The van der Waals surface area contributed by atoms with Crippen molar-refractivity contribution in [3.05, 3.63) is 160 Å². The molecule has 70 heavy (non-hydrogen) atoms. The number of carbonyl (C=O) groups excluding carboxylic acids is 1. The topological polar surface area (TPSA) is 162 Å². The van der Waals surface area contributed by atoms with Gasteiger partial charge >= 0.3 is 12.2 Å². The Kier molecular flexibility index (Phi) is 16.1. The van der Waals surface area contributed by atoms with Crippen molar-refractivity contribution < 1.29 is 33.7 Å². The zero-order valence-electron chi connectivity index (χ0n) is 41.7. The summed E-state index contributed by atoms with van der Waals surface area (Å²) < 4.78 is 18.6. The van der Waals surface area contributed by atoms with E-state index in [4.69, 9.17) is 13.9 Å². The summed E-state index contributed by atoms with van der Waals surface area (Å²) >= 11 is 0. The third-order valence-corrected chi connectivity index (χ3v) is 17.7. The molecule has 13 heteroatoms. The van der Waals surface area contributed by atoms with Crippen LogP contribution in [0.1, 0.15) is 95.6 Å². The smallest absolute Gasteiger partial charge is 0.412 e. The predicted octanol–water partition coefficient (Wildman–Crippen LogP) is 13.1. The number of carboxylic acid groups (broad SMARTS) is 1. The number of H-pyrrole nitrogens is 1. The van der Waals surface area contributed by atoms with E-state index in [2.05, 4.69) is 55.6 Å². The Hall–Kier alpha value is -6.67. The molecule has 0 saturated heterocycles. The Balaban J connectivity index is 0.964. The number of allylic oxidation sites excluding steroid dienone is 1. The minimum atomic E-state index is -2.22. The molecule has 1 atom stereocenters. The van der Waals surface area contributed by atoms with Gasteiger partial charge in [-0.1, -0.05) is 106 Å². The van der Waals surface area contributed by atoms with Crippen molar-refractivity contribution in [2.45, 2.75) is 122 Å². The Morgan fingerprint density at radius 1 is 0.829 bits per heavy atom. The monoisotopic (exact) mass is 964 g/mol. The van der Waals surface area contributed by atoms with Crippen LogP contribution in [0.25, 0.3) is 28.1 Å². The van der Waals surface area contributed by atoms with E-state index < -0.39 is 26.1 Å². The van der Waals surface area contributed by atoms with E-state index in [0.29, 0.717) is 56.4 Å². The van der Waals surface area contributed by atoms with Crippen LogP contribution in [-0.2, 0) is 22.1 Å². The number of benzene rings is 5. The number of anilines is 1. The fraction of sp³-hybridized carbons (Fsp3) is 0.351. The number of carbonyl (C=O) groups is 2. The molecule has 1 saturated carbocycles. The number of rotatable bonds is 16. The number of aromatic amines is 1. The Morgan fingerprint density at radius 3 is 2.11 bits per heavy atom. The Morgan fingerprint density at radius 2 is 1.49 bits per heavy atom. The molecule has 0 bridgehead atoms. The van der Waals surface area contributed by atoms with E-state index in [1.165, 1.54) is 11.0 Å². The number of aromatic nitrogens is 1. The SMILES string of the molecule is CC(C)(C)OC(=O)N[C@H]1CC[C@H](N(C(=O)O)c2cc(C=CCc3ccc(Oc4ccc(CNC[C@H](O[Si](C)(C)C(C)(C)C)c5ccc(O)c6[nH]c(=O)ccc56)cc4)cc3)ccc2-c2ccccc2)CC1. The van der Waals surface area contributed by atoms with Crippen molar-refractivity contribution in [1.82, 2.24) is 15.6 Å². The number of aromatic hydroxyl groups is 1. The van der Waals surface area contributed by atoms with Gasteiger partial charge in [-0.2, -0.15) is 0 Å². The van der Waals surface area contributed by atoms with E-state index >= 15 is 0 Å². The molecule has 0 radical (unpaired) electrons. The molecule has 1 aliphatic carbocycles. The normalized spacial score (nSPS) is 15.9. The fourth-order valence-electron chi connectivity index (χ4n) is 8.59. The lowest BCUT2D eigenvalue weighted by Gasteiger charge is -2.39. The third-order valence-electron chi connectivity index (χ3n) is 13.3. The molecule has 2 amide bonds. The summed E-state index contributed by atoms with van der Waals surface area (Å²) in [5, 5.41) is 28.5. The number of amides is 2. The second kappa shape index (κ2) is 22.0. The number of nitrogens with one attached hydrogen (secondary N) is 3. The summed E-state index contributed by atoms with van der Waals surface area (Å²) in [4.78, 5) is 42.0. The van der Waals surface area contributed by atoms with Crippen LogP contribution in [0.4, 0.5) is 15.3 Å². The van der Waals surface area contributed by atoms with Gasteiger partial charge in [0.05, 0.1) is 17.3 Å². The van der Waals surface area contributed by atoms with Gasteiger partial charge in [0.15, 0.2) is 8.32 Å². The summed E-state index contributed by atoms with van der Waals surface area (Å²) in [7, 11) is -2.22. The predicted molar refractivity (Wildman–Crippen MR) is 282 cm³/mol. The highest BCUT2D eigenvalue weighted by molar-refractivity contribution is 6.74. The summed E-state index contributed by atoms with van der Waals surface area (Å²) in [6.45, 7) is 17.7. The molecule has 368 valence electrons. The van der Waals surface area contributed by atoms with Crippen LogP contribution < -0.4 is 25.8 Å². The van der Waals surface area contributed by atoms with Crippen molar-refractivity contribution in [2.75, 3.05) is 11.4 Å². The highest BCUT2D eigenvalue weighted by Gasteiger charge is 2.40. The molecule has 6 aromatic rings. The van der Waals surface area contributed by atoms with Crippen molar-refractivity contribution in [3.63, 3.8) is 0 Å². The standard InChI is InChI=1S/C57H68N4O8Si/c1-56(2,3)68-54(64)59-42-22-24-43(25-23-42)61(55(65)66)49-35-39(21-30-46(49)41-15-10-9-11-16-41)14-12-13-38-17-26-44(27-18-38)67-45-28-19-40(20-29-45)36-58-37-51(69-70(7,8)57(4,5)6)47-31-33-50(62)53-48(47)32-34-52(63)60-53/h9-12,14-21,26-35,42-43,51,58,62H,13,22-25,36-37H2,1-8H3,(H,59,64)(H,60,63)(H,65,66)/t42-,43-,51-/m0/s1. The molecule has 1 aliphatic rings. The lowest BCUT2D eigenvalue weighted by atomic mass is 9.89. The highest BCUT2D eigenvalue weighted by atomic mass is 28.4. The van der Waals surface area contributed by atoms with Crippen LogP contribution in [0.2, 0.25) is 18.1 Å². The molecule has 0 spiro atoms. The van der Waals surface area contributed by atoms with E-state index in [1.807, 2.05) is 130 Å².